The van der Waals surface area contributed by atoms with Crippen LogP contribution in [0.15, 0.2) is 36.5 Å². The fourth-order valence-electron chi connectivity index (χ4n) is 1.99. The third kappa shape index (κ3) is 2.94. The highest BCUT2D eigenvalue weighted by atomic mass is 35.5. The lowest BCUT2D eigenvalue weighted by molar-refractivity contribution is -0.385. The number of hydrogen-bond acceptors (Lipinski definition) is 3. The molecule has 0 saturated heterocycles. The van der Waals surface area contributed by atoms with E-state index in [-0.39, 0.29) is 5.69 Å². The van der Waals surface area contributed by atoms with Crippen molar-refractivity contribution in [2.24, 2.45) is 0 Å². The minimum Gasteiger partial charge on any atom is -0.387 e. The van der Waals surface area contributed by atoms with Crippen molar-refractivity contribution < 1.29 is 10.0 Å². The Bertz CT molecular complexity index is 608. The van der Waals surface area contributed by atoms with Crippen molar-refractivity contribution in [2.45, 2.75) is 19.6 Å². The molecule has 0 fully saturated rings. The normalized spacial score (nSPS) is 12.4. The van der Waals surface area contributed by atoms with Gasteiger partial charge in [-0.3, -0.25) is 10.1 Å². The number of halogens is 1. The zero-order chi connectivity index (χ0) is 14.0. The van der Waals surface area contributed by atoms with Crippen LogP contribution in [0.3, 0.4) is 0 Å². The van der Waals surface area contributed by atoms with Gasteiger partial charge in [-0.05, 0) is 31.2 Å². The number of nitro benzene ring substituents is 1. The van der Waals surface area contributed by atoms with Crippen molar-refractivity contribution >= 4 is 17.3 Å². The van der Waals surface area contributed by atoms with E-state index in [1.165, 1.54) is 12.1 Å². The predicted octanol–water partition coefficient (Wildman–Crippen LogP) is 3.15. The fraction of sp³-hybridized carbons (Fsp3) is 0.231. The Hall–Kier alpha value is -1.85. The van der Waals surface area contributed by atoms with Gasteiger partial charge in [0.25, 0.3) is 5.69 Å². The molecule has 1 heterocycles. The first-order chi connectivity index (χ1) is 8.99. The number of nitro groups is 1. The lowest BCUT2D eigenvalue weighted by atomic mass is 10.1. The molecule has 0 bridgehead atoms. The van der Waals surface area contributed by atoms with Gasteiger partial charge in [0.05, 0.1) is 23.1 Å². The van der Waals surface area contributed by atoms with Crippen LogP contribution in [0, 0.1) is 10.1 Å². The van der Waals surface area contributed by atoms with Crippen LogP contribution in [-0.4, -0.2) is 14.6 Å². The molecule has 6 heteroatoms. The molecule has 0 aliphatic rings. The number of rotatable bonds is 4. The lowest BCUT2D eigenvalue weighted by Gasteiger charge is -2.11. The molecule has 1 aromatic carbocycles. The fourth-order valence-corrected chi connectivity index (χ4v) is 2.19. The molecule has 1 N–H and O–H groups in total. The Morgan fingerprint density at radius 2 is 2.21 bits per heavy atom. The average molecular weight is 281 g/mol. The van der Waals surface area contributed by atoms with Crippen LogP contribution in [-0.2, 0) is 6.54 Å². The largest absolute Gasteiger partial charge is 0.387 e. The van der Waals surface area contributed by atoms with Crippen molar-refractivity contribution in [2.75, 3.05) is 0 Å². The van der Waals surface area contributed by atoms with E-state index < -0.39 is 11.0 Å². The third-order valence-corrected chi connectivity index (χ3v) is 3.11. The highest BCUT2D eigenvalue weighted by Crippen LogP contribution is 2.25. The third-order valence-electron chi connectivity index (χ3n) is 2.87. The predicted molar refractivity (Wildman–Crippen MR) is 72.3 cm³/mol. The standard InChI is InChI=1S/C13H13ClN2O3/c1-9(17)12-3-2-6-15(12)8-10-7-11(14)4-5-13(10)16(18)19/h2-7,9,17H,8H2,1H3. The molecule has 2 rings (SSSR count). The number of aliphatic hydroxyl groups excluding tert-OH is 1. The van der Waals surface area contributed by atoms with Crippen molar-refractivity contribution in [1.82, 2.24) is 4.57 Å². The second-order valence-electron chi connectivity index (χ2n) is 4.27. The van der Waals surface area contributed by atoms with Gasteiger partial charge in [0, 0.05) is 23.0 Å². The molecule has 0 spiro atoms. The van der Waals surface area contributed by atoms with Gasteiger partial charge in [-0.2, -0.15) is 0 Å². The summed E-state index contributed by atoms with van der Waals surface area (Å²) in [5, 5.41) is 21.1. The molecular weight excluding hydrogens is 268 g/mol. The first-order valence-electron chi connectivity index (χ1n) is 5.75. The summed E-state index contributed by atoms with van der Waals surface area (Å²) >= 11 is 5.88. The summed E-state index contributed by atoms with van der Waals surface area (Å²) in [6, 6.07) is 8.03. The zero-order valence-corrected chi connectivity index (χ0v) is 11.0. The number of hydrogen-bond donors (Lipinski definition) is 1. The van der Waals surface area contributed by atoms with Gasteiger partial charge in [0.1, 0.15) is 0 Å². The van der Waals surface area contributed by atoms with Crippen molar-refractivity contribution in [1.29, 1.82) is 0 Å². The number of aromatic nitrogens is 1. The van der Waals surface area contributed by atoms with Crippen LogP contribution in [0.5, 0.6) is 0 Å². The first kappa shape index (κ1) is 13.6. The van der Waals surface area contributed by atoms with E-state index in [0.29, 0.717) is 22.8 Å². The van der Waals surface area contributed by atoms with Crippen molar-refractivity contribution in [3.63, 3.8) is 0 Å². The molecular formula is C13H13ClN2O3. The second kappa shape index (κ2) is 5.42. The molecule has 0 radical (unpaired) electrons. The van der Waals surface area contributed by atoms with Gasteiger partial charge in [-0.15, -0.1) is 0 Å². The second-order valence-corrected chi connectivity index (χ2v) is 4.70. The van der Waals surface area contributed by atoms with Gasteiger partial charge in [0.2, 0.25) is 0 Å². The van der Waals surface area contributed by atoms with E-state index in [9.17, 15) is 15.2 Å². The molecule has 100 valence electrons. The molecule has 2 aromatic rings. The minimum atomic E-state index is -0.631. The number of aliphatic hydroxyl groups is 1. The zero-order valence-electron chi connectivity index (χ0n) is 10.3. The van der Waals surface area contributed by atoms with Crippen molar-refractivity contribution in [3.8, 4) is 0 Å². The van der Waals surface area contributed by atoms with Crippen molar-refractivity contribution in [3.05, 3.63) is 62.9 Å². The summed E-state index contributed by atoms with van der Waals surface area (Å²) in [6.45, 7) is 1.95. The lowest BCUT2D eigenvalue weighted by Crippen LogP contribution is -2.07. The maximum absolute atomic E-state index is 11.0. The van der Waals surface area contributed by atoms with E-state index in [4.69, 9.17) is 11.6 Å². The molecule has 0 aliphatic carbocycles. The Balaban J connectivity index is 2.40. The topological polar surface area (TPSA) is 68.3 Å². The highest BCUT2D eigenvalue weighted by Gasteiger charge is 2.16. The SMILES string of the molecule is CC(O)c1cccn1Cc1cc(Cl)ccc1[N+](=O)[O-]. The van der Waals surface area contributed by atoms with E-state index in [2.05, 4.69) is 0 Å². The van der Waals surface area contributed by atoms with Crippen LogP contribution in [0.4, 0.5) is 5.69 Å². The smallest absolute Gasteiger partial charge is 0.274 e. The molecule has 5 nitrogen and oxygen atoms in total. The average Bonchev–Trinajstić information content (AvgIpc) is 2.76. The highest BCUT2D eigenvalue weighted by molar-refractivity contribution is 6.30. The Morgan fingerprint density at radius 3 is 2.84 bits per heavy atom. The number of benzene rings is 1. The van der Waals surface area contributed by atoms with Crippen LogP contribution in [0.2, 0.25) is 5.02 Å². The van der Waals surface area contributed by atoms with Gasteiger partial charge in [-0.25, -0.2) is 0 Å². The van der Waals surface area contributed by atoms with Gasteiger partial charge < -0.3 is 9.67 Å². The van der Waals surface area contributed by atoms with Crippen LogP contribution < -0.4 is 0 Å². The summed E-state index contributed by atoms with van der Waals surface area (Å²) in [5.41, 5.74) is 1.24. The maximum Gasteiger partial charge on any atom is 0.274 e. The quantitative estimate of drug-likeness (QED) is 0.691. The van der Waals surface area contributed by atoms with Crippen LogP contribution >= 0.6 is 11.6 Å². The Kier molecular flexibility index (Phi) is 3.87. The molecule has 19 heavy (non-hydrogen) atoms. The van der Waals surface area contributed by atoms with Crippen LogP contribution in [0.1, 0.15) is 24.3 Å². The molecule has 1 aromatic heterocycles. The van der Waals surface area contributed by atoms with Crippen LogP contribution in [0.25, 0.3) is 0 Å². The Labute approximate surface area is 115 Å². The first-order valence-corrected chi connectivity index (χ1v) is 6.12. The van der Waals surface area contributed by atoms with E-state index >= 15 is 0 Å². The van der Waals surface area contributed by atoms with Gasteiger partial charge in [0.15, 0.2) is 0 Å². The summed E-state index contributed by atoms with van der Waals surface area (Å²) in [4.78, 5) is 10.6. The summed E-state index contributed by atoms with van der Waals surface area (Å²) in [5.74, 6) is 0. The number of nitrogens with zero attached hydrogens (tertiary/aromatic N) is 2. The van der Waals surface area contributed by atoms with E-state index in [1.54, 1.807) is 35.9 Å². The van der Waals surface area contributed by atoms with Gasteiger partial charge in [-0.1, -0.05) is 11.6 Å². The maximum atomic E-state index is 11.0. The summed E-state index contributed by atoms with van der Waals surface area (Å²) in [7, 11) is 0. The summed E-state index contributed by atoms with van der Waals surface area (Å²) in [6.07, 6.45) is 1.14. The molecule has 0 aliphatic heterocycles. The van der Waals surface area contributed by atoms with Gasteiger partial charge >= 0.3 is 0 Å². The molecule has 1 atom stereocenters. The molecule has 0 amide bonds. The molecule has 1 unspecified atom stereocenters. The molecule has 0 saturated carbocycles. The minimum absolute atomic E-state index is 0.0228. The van der Waals surface area contributed by atoms with E-state index in [1.807, 2.05) is 0 Å². The monoisotopic (exact) mass is 280 g/mol. The summed E-state index contributed by atoms with van der Waals surface area (Å²) < 4.78 is 1.77. The van der Waals surface area contributed by atoms with E-state index in [0.717, 1.165) is 0 Å². The Morgan fingerprint density at radius 1 is 1.47 bits per heavy atom.